The molecule has 0 aliphatic heterocycles. The molecular weight excluding hydrogens is 198 g/mol. The van der Waals surface area contributed by atoms with Crippen LogP contribution in [0.1, 0.15) is 42.5 Å². The summed E-state index contributed by atoms with van der Waals surface area (Å²) in [6.45, 7) is 4.55. The second kappa shape index (κ2) is 4.98. The van der Waals surface area contributed by atoms with Gasteiger partial charge in [0.2, 0.25) is 0 Å². The van der Waals surface area contributed by atoms with Crippen molar-refractivity contribution in [2.75, 3.05) is 6.61 Å². The van der Waals surface area contributed by atoms with Crippen LogP contribution in [0.3, 0.4) is 0 Å². The minimum atomic E-state index is 0.265. The van der Waals surface area contributed by atoms with E-state index in [-0.39, 0.29) is 6.61 Å². The number of aliphatic hydroxyl groups excluding tert-OH is 1. The number of hydrogen-bond donors (Lipinski definition) is 2. The largest absolute Gasteiger partial charge is 0.396 e. The Kier molecular flexibility index (Phi) is 3.62. The molecule has 0 saturated carbocycles. The van der Waals surface area contributed by atoms with Crippen LogP contribution >= 0.6 is 0 Å². The van der Waals surface area contributed by atoms with Crippen LogP contribution in [0.5, 0.6) is 0 Å². The van der Waals surface area contributed by atoms with Crippen LogP contribution in [0.15, 0.2) is 18.2 Å². The Bertz CT molecular complexity index is 362. The summed E-state index contributed by atoms with van der Waals surface area (Å²) < 4.78 is 0. The summed E-state index contributed by atoms with van der Waals surface area (Å²) in [5.41, 5.74) is 4.28. The smallest absolute Gasteiger partial charge is 0.0445 e. The molecule has 1 aromatic rings. The molecule has 2 nitrogen and oxygen atoms in total. The average molecular weight is 219 g/mol. The van der Waals surface area contributed by atoms with E-state index in [1.807, 2.05) is 0 Å². The molecule has 0 aromatic heterocycles. The topological polar surface area (TPSA) is 32.3 Å². The van der Waals surface area contributed by atoms with Gasteiger partial charge in [-0.2, -0.15) is 0 Å². The molecule has 2 unspecified atom stereocenters. The van der Waals surface area contributed by atoms with Crippen molar-refractivity contribution in [3.8, 4) is 0 Å². The van der Waals surface area contributed by atoms with E-state index >= 15 is 0 Å². The Hall–Kier alpha value is -0.860. The summed E-state index contributed by atoms with van der Waals surface area (Å²) in [4.78, 5) is 0. The molecule has 0 bridgehead atoms. The fraction of sp³-hybridized carbons (Fsp3) is 0.571. The predicted octanol–water partition coefficient (Wildman–Crippen LogP) is 2.34. The maximum absolute atomic E-state index is 8.91. The van der Waals surface area contributed by atoms with E-state index in [4.69, 9.17) is 5.11 Å². The monoisotopic (exact) mass is 219 g/mol. The lowest BCUT2D eigenvalue weighted by atomic mass is 10.0. The van der Waals surface area contributed by atoms with Crippen LogP contribution in [-0.2, 0) is 6.42 Å². The Balaban J connectivity index is 2.08. The Morgan fingerprint density at radius 1 is 1.50 bits per heavy atom. The number of nitrogens with one attached hydrogen (secondary N) is 1. The first-order chi connectivity index (χ1) is 7.70. The van der Waals surface area contributed by atoms with Gasteiger partial charge < -0.3 is 10.4 Å². The fourth-order valence-corrected chi connectivity index (χ4v) is 2.52. The van der Waals surface area contributed by atoms with Gasteiger partial charge in [-0.15, -0.1) is 0 Å². The highest BCUT2D eigenvalue weighted by atomic mass is 16.3. The standard InChI is InChI=1S/C14H21NO/c1-10-3-4-12-5-6-14(13(12)9-10)15-11(2)7-8-16/h3-4,9,11,14-16H,5-8H2,1-2H3. The van der Waals surface area contributed by atoms with Crippen molar-refractivity contribution in [3.05, 3.63) is 34.9 Å². The van der Waals surface area contributed by atoms with Gasteiger partial charge in [-0.3, -0.25) is 0 Å². The molecular formula is C14H21NO. The fourth-order valence-electron chi connectivity index (χ4n) is 2.52. The molecule has 0 heterocycles. The summed E-state index contributed by atoms with van der Waals surface area (Å²) in [6, 6.07) is 7.62. The van der Waals surface area contributed by atoms with Crippen LogP contribution in [0.4, 0.5) is 0 Å². The minimum absolute atomic E-state index is 0.265. The van der Waals surface area contributed by atoms with Crippen LogP contribution in [0.2, 0.25) is 0 Å². The average Bonchev–Trinajstić information content (AvgIpc) is 2.61. The van der Waals surface area contributed by atoms with Crippen LogP contribution in [0.25, 0.3) is 0 Å². The van der Waals surface area contributed by atoms with Gasteiger partial charge in [0.15, 0.2) is 0 Å². The van der Waals surface area contributed by atoms with Gasteiger partial charge in [-0.05, 0) is 44.2 Å². The first-order valence-corrected chi connectivity index (χ1v) is 6.17. The summed E-state index contributed by atoms with van der Waals surface area (Å²) >= 11 is 0. The van der Waals surface area contributed by atoms with E-state index < -0.39 is 0 Å². The highest BCUT2D eigenvalue weighted by Gasteiger charge is 2.23. The summed E-state index contributed by atoms with van der Waals surface area (Å²) in [7, 11) is 0. The SMILES string of the molecule is Cc1ccc2c(c1)C(NC(C)CCO)CC2. The van der Waals surface area contributed by atoms with E-state index in [0.29, 0.717) is 12.1 Å². The van der Waals surface area contributed by atoms with Crippen molar-refractivity contribution in [2.45, 2.75) is 45.2 Å². The maximum atomic E-state index is 8.91. The van der Waals surface area contributed by atoms with Gasteiger partial charge in [0.05, 0.1) is 0 Å². The number of hydrogen-bond acceptors (Lipinski definition) is 2. The molecule has 1 aliphatic rings. The van der Waals surface area contributed by atoms with Gasteiger partial charge >= 0.3 is 0 Å². The molecule has 1 aromatic carbocycles. The van der Waals surface area contributed by atoms with Crippen molar-refractivity contribution in [3.63, 3.8) is 0 Å². The molecule has 0 spiro atoms. The number of aryl methyl sites for hydroxylation is 2. The van der Waals surface area contributed by atoms with E-state index in [9.17, 15) is 0 Å². The Labute approximate surface area is 97.7 Å². The van der Waals surface area contributed by atoms with Gasteiger partial charge in [0, 0.05) is 18.7 Å². The van der Waals surface area contributed by atoms with Crippen LogP contribution < -0.4 is 5.32 Å². The highest BCUT2D eigenvalue weighted by molar-refractivity contribution is 5.37. The molecule has 2 atom stereocenters. The van der Waals surface area contributed by atoms with Crippen molar-refractivity contribution >= 4 is 0 Å². The molecule has 2 N–H and O–H groups in total. The van der Waals surface area contributed by atoms with Crippen molar-refractivity contribution in [1.82, 2.24) is 5.32 Å². The molecule has 0 radical (unpaired) electrons. The lowest BCUT2D eigenvalue weighted by molar-refractivity contribution is 0.263. The van der Waals surface area contributed by atoms with Gasteiger partial charge in [-0.1, -0.05) is 23.8 Å². The second-order valence-corrected chi connectivity index (χ2v) is 4.87. The normalized spacial score (nSPS) is 20.8. The third-order valence-corrected chi connectivity index (χ3v) is 3.43. The first-order valence-electron chi connectivity index (χ1n) is 6.17. The first kappa shape index (κ1) is 11.6. The number of fused-ring (bicyclic) bond motifs is 1. The van der Waals surface area contributed by atoms with E-state index in [0.717, 1.165) is 6.42 Å². The minimum Gasteiger partial charge on any atom is -0.396 e. The molecule has 2 rings (SSSR count). The lowest BCUT2D eigenvalue weighted by Gasteiger charge is -2.20. The number of benzene rings is 1. The van der Waals surface area contributed by atoms with Crippen molar-refractivity contribution < 1.29 is 5.11 Å². The van der Waals surface area contributed by atoms with E-state index in [1.54, 1.807) is 0 Å². The van der Waals surface area contributed by atoms with E-state index in [2.05, 4.69) is 37.4 Å². The summed E-state index contributed by atoms with van der Waals surface area (Å²) in [5.74, 6) is 0. The molecule has 88 valence electrons. The predicted molar refractivity (Wildman–Crippen MR) is 66.5 cm³/mol. The molecule has 0 saturated heterocycles. The zero-order valence-corrected chi connectivity index (χ0v) is 10.2. The third-order valence-electron chi connectivity index (χ3n) is 3.43. The molecule has 16 heavy (non-hydrogen) atoms. The summed E-state index contributed by atoms with van der Waals surface area (Å²) in [5, 5.41) is 12.5. The molecule has 2 heteroatoms. The number of rotatable bonds is 4. The second-order valence-electron chi connectivity index (χ2n) is 4.87. The third kappa shape index (κ3) is 2.45. The molecule has 0 amide bonds. The Morgan fingerprint density at radius 3 is 3.06 bits per heavy atom. The Morgan fingerprint density at radius 2 is 2.31 bits per heavy atom. The summed E-state index contributed by atoms with van der Waals surface area (Å²) in [6.07, 6.45) is 3.20. The quantitative estimate of drug-likeness (QED) is 0.814. The van der Waals surface area contributed by atoms with Gasteiger partial charge in [0.1, 0.15) is 0 Å². The zero-order valence-electron chi connectivity index (χ0n) is 10.2. The van der Waals surface area contributed by atoms with Crippen molar-refractivity contribution in [2.24, 2.45) is 0 Å². The molecule has 0 fully saturated rings. The molecule has 1 aliphatic carbocycles. The number of aliphatic hydroxyl groups is 1. The van der Waals surface area contributed by atoms with Crippen molar-refractivity contribution in [1.29, 1.82) is 0 Å². The van der Waals surface area contributed by atoms with E-state index in [1.165, 1.54) is 29.5 Å². The van der Waals surface area contributed by atoms with Gasteiger partial charge in [-0.25, -0.2) is 0 Å². The van der Waals surface area contributed by atoms with Gasteiger partial charge in [0.25, 0.3) is 0 Å². The maximum Gasteiger partial charge on any atom is 0.0445 e. The van der Waals surface area contributed by atoms with Crippen LogP contribution in [0, 0.1) is 6.92 Å². The lowest BCUT2D eigenvalue weighted by Crippen LogP contribution is -2.30. The van der Waals surface area contributed by atoms with Crippen LogP contribution in [-0.4, -0.2) is 17.8 Å². The zero-order chi connectivity index (χ0) is 11.5. The highest BCUT2D eigenvalue weighted by Crippen LogP contribution is 2.32.